The van der Waals surface area contributed by atoms with Crippen molar-refractivity contribution in [2.75, 3.05) is 5.32 Å². The SMILES string of the molecule is OCc1ccccc1NCc1c(O)cccc1Cl. The Hall–Kier alpha value is -1.71. The van der Waals surface area contributed by atoms with Gasteiger partial charge in [-0.2, -0.15) is 0 Å². The molecule has 0 fully saturated rings. The topological polar surface area (TPSA) is 52.5 Å². The number of hydrogen-bond acceptors (Lipinski definition) is 3. The van der Waals surface area contributed by atoms with E-state index in [-0.39, 0.29) is 12.4 Å². The van der Waals surface area contributed by atoms with Gasteiger partial charge in [-0.15, -0.1) is 0 Å². The monoisotopic (exact) mass is 263 g/mol. The van der Waals surface area contributed by atoms with E-state index in [1.54, 1.807) is 18.2 Å². The number of benzene rings is 2. The van der Waals surface area contributed by atoms with Gasteiger partial charge in [-0.1, -0.05) is 35.9 Å². The molecule has 3 N–H and O–H groups in total. The molecule has 0 saturated carbocycles. The van der Waals surface area contributed by atoms with Gasteiger partial charge in [-0.05, 0) is 18.2 Å². The average molecular weight is 264 g/mol. The van der Waals surface area contributed by atoms with Gasteiger partial charge in [-0.25, -0.2) is 0 Å². The molecule has 0 amide bonds. The molecule has 0 heterocycles. The van der Waals surface area contributed by atoms with Gasteiger partial charge in [0.05, 0.1) is 6.61 Å². The minimum Gasteiger partial charge on any atom is -0.508 e. The normalized spacial score (nSPS) is 10.3. The minimum atomic E-state index is -0.0301. The lowest BCUT2D eigenvalue weighted by molar-refractivity contribution is 0.282. The molecular formula is C14H14ClNO2. The lowest BCUT2D eigenvalue weighted by Gasteiger charge is -2.12. The molecule has 4 heteroatoms. The highest BCUT2D eigenvalue weighted by Gasteiger charge is 2.06. The second kappa shape index (κ2) is 5.76. The van der Waals surface area contributed by atoms with Crippen LogP contribution < -0.4 is 5.32 Å². The summed E-state index contributed by atoms with van der Waals surface area (Å²) in [7, 11) is 0. The fraction of sp³-hybridized carbons (Fsp3) is 0.143. The van der Waals surface area contributed by atoms with Crippen LogP contribution in [0.5, 0.6) is 5.75 Å². The van der Waals surface area contributed by atoms with Crippen molar-refractivity contribution < 1.29 is 10.2 Å². The molecule has 18 heavy (non-hydrogen) atoms. The first kappa shape index (κ1) is 12.7. The van der Waals surface area contributed by atoms with E-state index in [9.17, 15) is 10.2 Å². The van der Waals surface area contributed by atoms with Crippen LogP contribution >= 0.6 is 11.6 Å². The summed E-state index contributed by atoms with van der Waals surface area (Å²) in [6.45, 7) is 0.375. The van der Waals surface area contributed by atoms with Crippen molar-refractivity contribution in [2.45, 2.75) is 13.2 Å². The van der Waals surface area contributed by atoms with Crippen LogP contribution in [0, 0.1) is 0 Å². The zero-order valence-corrected chi connectivity index (χ0v) is 10.5. The van der Waals surface area contributed by atoms with Crippen LogP contribution in [-0.2, 0) is 13.2 Å². The number of halogens is 1. The Kier molecular flexibility index (Phi) is 4.07. The van der Waals surface area contributed by atoms with Gasteiger partial charge in [0.1, 0.15) is 5.75 Å². The molecule has 0 unspecified atom stereocenters. The number of anilines is 1. The number of para-hydroxylation sites is 1. The molecule has 2 aromatic rings. The van der Waals surface area contributed by atoms with Crippen molar-refractivity contribution in [1.29, 1.82) is 0 Å². The maximum absolute atomic E-state index is 9.72. The Morgan fingerprint density at radius 1 is 1.06 bits per heavy atom. The fourth-order valence-electron chi connectivity index (χ4n) is 1.74. The molecule has 0 bridgehead atoms. The Morgan fingerprint density at radius 3 is 2.56 bits per heavy atom. The lowest BCUT2D eigenvalue weighted by Crippen LogP contribution is -2.03. The van der Waals surface area contributed by atoms with Crippen LogP contribution in [0.2, 0.25) is 5.02 Å². The van der Waals surface area contributed by atoms with Gasteiger partial charge in [0.2, 0.25) is 0 Å². The first-order valence-corrected chi connectivity index (χ1v) is 5.99. The predicted molar refractivity (Wildman–Crippen MR) is 72.8 cm³/mol. The number of aromatic hydroxyl groups is 1. The molecule has 0 radical (unpaired) electrons. The quantitative estimate of drug-likeness (QED) is 0.794. The number of nitrogens with one attached hydrogen (secondary N) is 1. The van der Waals surface area contributed by atoms with E-state index in [4.69, 9.17) is 11.6 Å². The van der Waals surface area contributed by atoms with Gasteiger partial charge < -0.3 is 15.5 Å². The van der Waals surface area contributed by atoms with Crippen LogP contribution in [-0.4, -0.2) is 10.2 Å². The van der Waals surface area contributed by atoms with E-state index in [2.05, 4.69) is 5.32 Å². The number of aliphatic hydroxyl groups is 1. The number of phenols is 1. The molecule has 94 valence electrons. The van der Waals surface area contributed by atoms with E-state index in [1.165, 1.54) is 0 Å². The predicted octanol–water partition coefficient (Wildman–Crippen LogP) is 3.15. The van der Waals surface area contributed by atoms with Gasteiger partial charge in [0.15, 0.2) is 0 Å². The number of phenolic OH excluding ortho intramolecular Hbond substituents is 1. The number of rotatable bonds is 4. The molecule has 0 aliphatic heterocycles. The van der Waals surface area contributed by atoms with Gasteiger partial charge >= 0.3 is 0 Å². The second-order valence-electron chi connectivity index (χ2n) is 3.91. The molecule has 0 aliphatic carbocycles. The summed E-state index contributed by atoms with van der Waals surface area (Å²) in [4.78, 5) is 0. The average Bonchev–Trinajstić information content (AvgIpc) is 2.38. The largest absolute Gasteiger partial charge is 0.508 e. The molecular weight excluding hydrogens is 250 g/mol. The van der Waals surface area contributed by atoms with Crippen molar-refractivity contribution in [1.82, 2.24) is 0 Å². The van der Waals surface area contributed by atoms with E-state index < -0.39 is 0 Å². The third-order valence-electron chi connectivity index (χ3n) is 2.74. The van der Waals surface area contributed by atoms with Gasteiger partial charge in [0, 0.05) is 28.4 Å². The first-order chi connectivity index (χ1) is 8.72. The zero-order chi connectivity index (χ0) is 13.0. The van der Waals surface area contributed by atoms with Crippen molar-refractivity contribution in [2.24, 2.45) is 0 Å². The van der Waals surface area contributed by atoms with Crippen molar-refractivity contribution >= 4 is 17.3 Å². The molecule has 0 spiro atoms. The van der Waals surface area contributed by atoms with Gasteiger partial charge in [-0.3, -0.25) is 0 Å². The summed E-state index contributed by atoms with van der Waals surface area (Å²) >= 11 is 6.02. The lowest BCUT2D eigenvalue weighted by atomic mass is 10.1. The molecule has 0 saturated heterocycles. The number of hydrogen-bond donors (Lipinski definition) is 3. The highest BCUT2D eigenvalue weighted by molar-refractivity contribution is 6.31. The first-order valence-electron chi connectivity index (χ1n) is 5.61. The van der Waals surface area contributed by atoms with Crippen molar-refractivity contribution in [3.05, 3.63) is 58.6 Å². The van der Waals surface area contributed by atoms with E-state index in [0.29, 0.717) is 17.1 Å². The summed E-state index contributed by atoms with van der Waals surface area (Å²) in [6, 6.07) is 12.5. The van der Waals surface area contributed by atoms with Crippen LogP contribution in [0.4, 0.5) is 5.69 Å². The Balaban J connectivity index is 2.16. The summed E-state index contributed by atoms with van der Waals surface area (Å²) in [6.07, 6.45) is 0. The maximum atomic E-state index is 9.72. The molecule has 0 aliphatic rings. The summed E-state index contributed by atoms with van der Waals surface area (Å²) in [5, 5.41) is 22.6. The molecule has 2 aromatic carbocycles. The van der Waals surface area contributed by atoms with E-state index in [1.807, 2.05) is 24.3 Å². The van der Waals surface area contributed by atoms with Crippen LogP contribution in [0.15, 0.2) is 42.5 Å². The number of aliphatic hydroxyl groups excluding tert-OH is 1. The molecule has 0 aromatic heterocycles. The van der Waals surface area contributed by atoms with Crippen LogP contribution in [0.25, 0.3) is 0 Å². The zero-order valence-electron chi connectivity index (χ0n) is 9.73. The Morgan fingerprint density at radius 2 is 1.83 bits per heavy atom. The highest BCUT2D eigenvalue weighted by Crippen LogP contribution is 2.26. The van der Waals surface area contributed by atoms with Crippen molar-refractivity contribution in [3.63, 3.8) is 0 Å². The van der Waals surface area contributed by atoms with Crippen molar-refractivity contribution in [3.8, 4) is 5.75 Å². The fourth-order valence-corrected chi connectivity index (χ4v) is 1.97. The van der Waals surface area contributed by atoms with Gasteiger partial charge in [0.25, 0.3) is 0 Å². The second-order valence-corrected chi connectivity index (χ2v) is 4.31. The summed E-state index contributed by atoms with van der Waals surface area (Å²) in [5.74, 6) is 0.163. The standard InChI is InChI=1S/C14H14ClNO2/c15-12-5-3-7-14(18)11(12)8-16-13-6-2-1-4-10(13)9-17/h1-7,16-18H,8-9H2. The maximum Gasteiger partial charge on any atom is 0.122 e. The smallest absolute Gasteiger partial charge is 0.122 e. The van der Waals surface area contributed by atoms with Crippen LogP contribution in [0.1, 0.15) is 11.1 Å². The summed E-state index contributed by atoms with van der Waals surface area (Å²) in [5.41, 5.74) is 2.29. The Bertz CT molecular complexity index is 523. The van der Waals surface area contributed by atoms with Crippen LogP contribution in [0.3, 0.4) is 0 Å². The third-order valence-corrected chi connectivity index (χ3v) is 3.09. The highest BCUT2D eigenvalue weighted by atomic mass is 35.5. The molecule has 2 rings (SSSR count). The molecule has 3 nitrogen and oxygen atoms in total. The summed E-state index contributed by atoms with van der Waals surface area (Å²) < 4.78 is 0. The molecule has 0 atom stereocenters. The third kappa shape index (κ3) is 2.75. The Labute approximate surface area is 111 Å². The minimum absolute atomic E-state index is 0.0301. The van der Waals surface area contributed by atoms with E-state index in [0.717, 1.165) is 11.3 Å². The van der Waals surface area contributed by atoms with E-state index >= 15 is 0 Å².